The van der Waals surface area contributed by atoms with Crippen molar-refractivity contribution in [2.45, 2.75) is 38.6 Å². The molecule has 0 unspecified atom stereocenters. The number of ether oxygens (including phenoxy) is 1. The molecule has 2 aromatic rings. The zero-order chi connectivity index (χ0) is 20.6. The highest BCUT2D eigenvalue weighted by Gasteiger charge is 2.25. The number of nitrogens with zero attached hydrogens (tertiary/aromatic N) is 1. The van der Waals surface area contributed by atoms with E-state index < -0.39 is 0 Å². The Morgan fingerprint density at radius 1 is 1.14 bits per heavy atom. The molecular weight excluding hydrogens is 372 g/mol. The maximum atomic E-state index is 12.2. The second-order valence-electron chi connectivity index (χ2n) is 7.14. The van der Waals surface area contributed by atoms with Gasteiger partial charge in [-0.1, -0.05) is 0 Å². The monoisotopic (exact) mass is 398 g/mol. The number of benzene rings is 1. The zero-order valence-corrected chi connectivity index (χ0v) is 16.6. The summed E-state index contributed by atoms with van der Waals surface area (Å²) in [5, 5.41) is 3.04. The Kier molecular flexibility index (Phi) is 7.05. The summed E-state index contributed by atoms with van der Waals surface area (Å²) in [7, 11) is 0. The highest BCUT2D eigenvalue weighted by Crippen LogP contribution is 2.15. The van der Waals surface area contributed by atoms with E-state index in [0.717, 1.165) is 12.8 Å². The molecule has 2 amide bonds. The van der Waals surface area contributed by atoms with Gasteiger partial charge in [-0.25, -0.2) is 0 Å². The third-order valence-electron chi connectivity index (χ3n) is 4.96. The maximum Gasteiger partial charge on any atom is 0.289 e. The summed E-state index contributed by atoms with van der Waals surface area (Å²) < 4.78 is 10.8. The van der Waals surface area contributed by atoms with Gasteiger partial charge in [-0.2, -0.15) is 0 Å². The summed E-state index contributed by atoms with van der Waals surface area (Å²) in [4.78, 5) is 37.4. The molecule has 2 heterocycles. The number of piperidine rings is 1. The predicted molar refractivity (Wildman–Crippen MR) is 107 cm³/mol. The molecule has 7 nitrogen and oxygen atoms in total. The number of ketones is 1. The predicted octanol–water partition coefficient (Wildman–Crippen LogP) is 3.06. The standard InChI is InChI=1S/C22H26N2O5/c1-16(25)17-6-8-19(9-7-17)28-14-3-5-21(26)23-18-10-12-24(13-11-18)22(27)20-4-2-15-29-20/h2,4,6-9,15,18H,3,5,10-14H2,1H3,(H,23,26). The Hall–Kier alpha value is -3.09. The number of amides is 2. The number of furan rings is 1. The molecule has 1 aliphatic rings. The average Bonchev–Trinajstić information content (AvgIpc) is 3.26. The summed E-state index contributed by atoms with van der Waals surface area (Å²) in [6.45, 7) is 3.16. The van der Waals surface area contributed by atoms with Crippen molar-refractivity contribution in [2.24, 2.45) is 0 Å². The van der Waals surface area contributed by atoms with Crippen LogP contribution in [0.4, 0.5) is 0 Å². The number of hydrogen-bond donors (Lipinski definition) is 1. The minimum absolute atomic E-state index is 0.00339. The number of carbonyl (C=O) groups excluding carboxylic acids is 3. The molecule has 0 atom stereocenters. The molecule has 3 rings (SSSR count). The van der Waals surface area contributed by atoms with Gasteiger partial charge in [0.15, 0.2) is 11.5 Å². The van der Waals surface area contributed by atoms with Crippen LogP contribution >= 0.6 is 0 Å². The van der Waals surface area contributed by atoms with Crippen molar-refractivity contribution in [3.8, 4) is 5.75 Å². The van der Waals surface area contributed by atoms with Crippen LogP contribution in [0.15, 0.2) is 47.1 Å². The number of rotatable bonds is 8. The topological polar surface area (TPSA) is 88.9 Å². The van der Waals surface area contributed by atoms with E-state index in [-0.39, 0.29) is 23.6 Å². The number of carbonyl (C=O) groups is 3. The largest absolute Gasteiger partial charge is 0.494 e. The lowest BCUT2D eigenvalue weighted by Crippen LogP contribution is -2.46. The van der Waals surface area contributed by atoms with Crippen LogP contribution in [-0.4, -0.2) is 48.2 Å². The number of Topliss-reactive ketones (excluding diaryl/α,β-unsaturated/α-hetero) is 1. The Balaban J connectivity index is 1.31. The Bertz CT molecular complexity index is 821. The van der Waals surface area contributed by atoms with Gasteiger partial charge < -0.3 is 19.4 Å². The molecule has 1 saturated heterocycles. The van der Waals surface area contributed by atoms with Crippen LogP contribution in [0, 0.1) is 0 Å². The van der Waals surface area contributed by atoms with E-state index in [1.807, 2.05) is 0 Å². The van der Waals surface area contributed by atoms with Gasteiger partial charge >= 0.3 is 0 Å². The first-order valence-electron chi connectivity index (χ1n) is 9.89. The van der Waals surface area contributed by atoms with E-state index in [2.05, 4.69) is 5.32 Å². The van der Waals surface area contributed by atoms with E-state index in [4.69, 9.17) is 9.15 Å². The molecule has 1 fully saturated rings. The second kappa shape index (κ2) is 9.91. The Morgan fingerprint density at radius 2 is 1.86 bits per heavy atom. The van der Waals surface area contributed by atoms with E-state index in [9.17, 15) is 14.4 Å². The van der Waals surface area contributed by atoms with Crippen molar-refractivity contribution in [2.75, 3.05) is 19.7 Å². The molecule has 1 N–H and O–H groups in total. The molecule has 0 aliphatic carbocycles. The first kappa shape index (κ1) is 20.6. The lowest BCUT2D eigenvalue weighted by Gasteiger charge is -2.31. The van der Waals surface area contributed by atoms with Gasteiger partial charge in [-0.15, -0.1) is 0 Å². The fraction of sp³-hybridized carbons (Fsp3) is 0.409. The summed E-state index contributed by atoms with van der Waals surface area (Å²) in [5.74, 6) is 0.946. The van der Waals surface area contributed by atoms with Crippen molar-refractivity contribution in [1.82, 2.24) is 10.2 Å². The lowest BCUT2D eigenvalue weighted by molar-refractivity contribution is -0.122. The zero-order valence-electron chi connectivity index (χ0n) is 16.6. The van der Waals surface area contributed by atoms with E-state index >= 15 is 0 Å². The minimum Gasteiger partial charge on any atom is -0.494 e. The van der Waals surface area contributed by atoms with E-state index in [1.54, 1.807) is 41.3 Å². The molecule has 1 aromatic carbocycles. The van der Waals surface area contributed by atoms with Crippen molar-refractivity contribution < 1.29 is 23.5 Å². The number of hydrogen-bond acceptors (Lipinski definition) is 5. The third kappa shape index (κ3) is 5.94. The highest BCUT2D eigenvalue weighted by atomic mass is 16.5. The van der Waals surface area contributed by atoms with Crippen molar-refractivity contribution in [3.63, 3.8) is 0 Å². The smallest absolute Gasteiger partial charge is 0.289 e. The van der Waals surface area contributed by atoms with Gasteiger partial charge in [0, 0.05) is 31.1 Å². The molecule has 1 aromatic heterocycles. The van der Waals surface area contributed by atoms with Crippen LogP contribution < -0.4 is 10.1 Å². The van der Waals surface area contributed by atoms with E-state index in [0.29, 0.717) is 49.6 Å². The maximum absolute atomic E-state index is 12.2. The van der Waals surface area contributed by atoms with Gasteiger partial charge in [-0.05, 0) is 62.6 Å². The van der Waals surface area contributed by atoms with Crippen molar-refractivity contribution in [3.05, 3.63) is 54.0 Å². The minimum atomic E-state index is -0.103. The highest BCUT2D eigenvalue weighted by molar-refractivity contribution is 5.94. The molecule has 154 valence electrons. The summed E-state index contributed by atoms with van der Waals surface area (Å²) >= 11 is 0. The number of likely N-dealkylation sites (tertiary alicyclic amines) is 1. The fourth-order valence-corrected chi connectivity index (χ4v) is 3.29. The SMILES string of the molecule is CC(=O)c1ccc(OCCCC(=O)NC2CCN(C(=O)c3ccco3)CC2)cc1. The van der Waals surface area contributed by atoms with Crippen LogP contribution in [0.3, 0.4) is 0 Å². The molecule has 0 spiro atoms. The third-order valence-corrected chi connectivity index (χ3v) is 4.96. The van der Waals surface area contributed by atoms with Crippen molar-refractivity contribution >= 4 is 17.6 Å². The Labute approximate surface area is 170 Å². The van der Waals surface area contributed by atoms with Crippen LogP contribution in [0.2, 0.25) is 0 Å². The molecule has 0 bridgehead atoms. The van der Waals surface area contributed by atoms with E-state index in [1.165, 1.54) is 13.2 Å². The molecule has 0 saturated carbocycles. The quantitative estimate of drug-likeness (QED) is 0.545. The van der Waals surface area contributed by atoms with Crippen LogP contribution in [-0.2, 0) is 4.79 Å². The summed E-state index contributed by atoms with van der Waals surface area (Å²) in [6, 6.07) is 10.4. The van der Waals surface area contributed by atoms with Gasteiger partial charge in [0.2, 0.25) is 5.91 Å². The molecule has 1 aliphatic heterocycles. The molecule has 29 heavy (non-hydrogen) atoms. The summed E-state index contributed by atoms with van der Waals surface area (Å²) in [5.41, 5.74) is 0.647. The lowest BCUT2D eigenvalue weighted by atomic mass is 10.0. The number of nitrogens with one attached hydrogen (secondary N) is 1. The van der Waals surface area contributed by atoms with Gasteiger partial charge in [0.1, 0.15) is 5.75 Å². The summed E-state index contributed by atoms with van der Waals surface area (Å²) in [6.07, 6.45) is 3.95. The average molecular weight is 398 g/mol. The fourth-order valence-electron chi connectivity index (χ4n) is 3.29. The van der Waals surface area contributed by atoms with Gasteiger partial charge in [-0.3, -0.25) is 14.4 Å². The van der Waals surface area contributed by atoms with Gasteiger partial charge in [0.05, 0.1) is 12.9 Å². The first-order valence-corrected chi connectivity index (χ1v) is 9.89. The van der Waals surface area contributed by atoms with Gasteiger partial charge in [0.25, 0.3) is 5.91 Å². The first-order chi connectivity index (χ1) is 14.0. The molecular formula is C22H26N2O5. The molecule has 0 radical (unpaired) electrons. The molecule has 7 heteroatoms. The van der Waals surface area contributed by atoms with Crippen LogP contribution in [0.1, 0.15) is 53.5 Å². The van der Waals surface area contributed by atoms with Crippen molar-refractivity contribution in [1.29, 1.82) is 0 Å². The van der Waals surface area contributed by atoms with Crippen LogP contribution in [0.25, 0.3) is 0 Å². The van der Waals surface area contributed by atoms with Crippen LogP contribution in [0.5, 0.6) is 5.75 Å². The second-order valence-corrected chi connectivity index (χ2v) is 7.14. The Morgan fingerprint density at radius 3 is 2.48 bits per heavy atom. The normalized spacial score (nSPS) is 14.4.